The second kappa shape index (κ2) is 10.8. The van der Waals surface area contributed by atoms with E-state index < -0.39 is 22.8 Å². The summed E-state index contributed by atoms with van der Waals surface area (Å²) in [4.78, 5) is 49.1. The third-order valence-corrected chi connectivity index (χ3v) is 6.27. The summed E-state index contributed by atoms with van der Waals surface area (Å²) in [6.45, 7) is 0.169. The van der Waals surface area contributed by atoms with Crippen LogP contribution >= 0.6 is 27.5 Å². The minimum Gasteiger partial charge on any atom is -0.493 e. The molecule has 12 heteroatoms. The topological polar surface area (TPSA) is 128 Å². The zero-order valence-corrected chi connectivity index (χ0v) is 21.4. The van der Waals surface area contributed by atoms with Gasteiger partial charge in [-0.25, -0.2) is 9.69 Å². The van der Waals surface area contributed by atoms with E-state index in [9.17, 15) is 24.5 Å². The van der Waals surface area contributed by atoms with Crippen molar-refractivity contribution in [3.05, 3.63) is 97.0 Å². The lowest BCUT2D eigenvalue weighted by Gasteiger charge is -2.26. The molecule has 0 aromatic heterocycles. The van der Waals surface area contributed by atoms with Gasteiger partial charge in [0.25, 0.3) is 17.5 Å². The number of halogens is 2. The molecule has 10 nitrogen and oxygen atoms in total. The van der Waals surface area contributed by atoms with Crippen LogP contribution in [0.1, 0.15) is 11.1 Å². The SMILES string of the molecule is COc1cc(/C=C2\C(=O)NC(=O)N(c3ccc([N+](=O)[O-])cc3)C2=O)cc(Br)c1OCc1ccccc1Cl. The van der Waals surface area contributed by atoms with Gasteiger partial charge in [-0.1, -0.05) is 29.8 Å². The fraction of sp³-hybridized carbons (Fsp3) is 0.0800. The average molecular weight is 587 g/mol. The molecule has 1 saturated heterocycles. The fourth-order valence-electron chi connectivity index (χ4n) is 3.51. The minimum absolute atomic E-state index is 0.0635. The van der Waals surface area contributed by atoms with Crippen LogP contribution < -0.4 is 19.7 Å². The molecule has 0 bridgehead atoms. The average Bonchev–Trinajstić information content (AvgIpc) is 2.86. The molecule has 1 aliphatic rings. The maximum atomic E-state index is 13.1. The van der Waals surface area contributed by atoms with Gasteiger partial charge in [0.15, 0.2) is 11.5 Å². The fourth-order valence-corrected chi connectivity index (χ4v) is 4.28. The molecule has 4 amide bonds. The van der Waals surface area contributed by atoms with Gasteiger partial charge in [0, 0.05) is 22.7 Å². The van der Waals surface area contributed by atoms with Crippen LogP contribution in [0.3, 0.4) is 0 Å². The lowest BCUT2D eigenvalue weighted by atomic mass is 10.1. The van der Waals surface area contributed by atoms with Crippen molar-refractivity contribution in [1.82, 2.24) is 5.32 Å². The first kappa shape index (κ1) is 25.9. The van der Waals surface area contributed by atoms with Crippen molar-refractivity contribution < 1.29 is 28.8 Å². The van der Waals surface area contributed by atoms with Crippen LogP contribution in [0.2, 0.25) is 5.02 Å². The third kappa shape index (κ3) is 5.47. The van der Waals surface area contributed by atoms with Crippen LogP contribution in [0.15, 0.2) is 70.7 Å². The Balaban J connectivity index is 1.64. The molecule has 37 heavy (non-hydrogen) atoms. The van der Waals surface area contributed by atoms with Crippen molar-refractivity contribution in [1.29, 1.82) is 0 Å². The number of amides is 4. The van der Waals surface area contributed by atoms with E-state index >= 15 is 0 Å². The van der Waals surface area contributed by atoms with E-state index in [1.807, 2.05) is 18.2 Å². The van der Waals surface area contributed by atoms with Gasteiger partial charge in [0.05, 0.1) is 22.2 Å². The first-order chi connectivity index (χ1) is 17.7. The number of benzene rings is 3. The zero-order valence-electron chi connectivity index (χ0n) is 19.1. The third-order valence-electron chi connectivity index (χ3n) is 5.31. The second-order valence-electron chi connectivity index (χ2n) is 7.65. The molecule has 1 aliphatic heterocycles. The number of nitrogens with zero attached hydrogens (tertiary/aromatic N) is 2. The predicted octanol–water partition coefficient (Wildman–Crippen LogP) is 5.26. The number of nitrogens with one attached hydrogen (secondary N) is 1. The number of barbiturate groups is 1. The quantitative estimate of drug-likeness (QED) is 0.173. The number of hydrogen-bond acceptors (Lipinski definition) is 7. The standard InChI is InChI=1S/C25H17BrClN3O7/c1-36-21-12-14(11-19(26)22(21)37-13-15-4-2-3-5-20(15)27)10-18-23(31)28-25(33)29(24(18)32)16-6-8-17(9-7-16)30(34)35/h2-12H,13H2,1H3,(H,28,31,33)/b18-10+. The first-order valence-corrected chi connectivity index (χ1v) is 11.8. The minimum atomic E-state index is -0.969. The second-order valence-corrected chi connectivity index (χ2v) is 8.91. The Labute approximate surface area is 223 Å². The first-order valence-electron chi connectivity index (χ1n) is 10.6. The van der Waals surface area contributed by atoms with Gasteiger partial charge < -0.3 is 9.47 Å². The summed E-state index contributed by atoms with van der Waals surface area (Å²) in [5.74, 6) is -1.08. The van der Waals surface area contributed by atoms with E-state index in [4.69, 9.17) is 21.1 Å². The highest BCUT2D eigenvalue weighted by Crippen LogP contribution is 2.38. The lowest BCUT2D eigenvalue weighted by Crippen LogP contribution is -2.54. The summed E-state index contributed by atoms with van der Waals surface area (Å²) < 4.78 is 11.8. The molecule has 1 N–H and O–H groups in total. The van der Waals surface area contributed by atoms with Gasteiger partial charge in [0.1, 0.15) is 12.2 Å². The Bertz CT molecular complexity index is 1460. The van der Waals surface area contributed by atoms with Crippen molar-refractivity contribution in [2.75, 3.05) is 12.0 Å². The van der Waals surface area contributed by atoms with Gasteiger partial charge in [-0.3, -0.25) is 25.0 Å². The van der Waals surface area contributed by atoms with Gasteiger partial charge in [-0.2, -0.15) is 0 Å². The van der Waals surface area contributed by atoms with E-state index in [-0.39, 0.29) is 23.6 Å². The largest absolute Gasteiger partial charge is 0.493 e. The highest BCUT2D eigenvalue weighted by Gasteiger charge is 2.37. The van der Waals surface area contributed by atoms with Crippen molar-refractivity contribution in [2.24, 2.45) is 0 Å². The van der Waals surface area contributed by atoms with E-state index in [0.717, 1.165) is 22.6 Å². The molecule has 0 atom stereocenters. The molecule has 0 radical (unpaired) electrons. The number of non-ortho nitro benzene ring substituents is 1. The summed E-state index contributed by atoms with van der Waals surface area (Å²) in [5.41, 5.74) is 0.703. The molecule has 0 unspecified atom stereocenters. The number of anilines is 1. The van der Waals surface area contributed by atoms with Crippen LogP contribution in [-0.4, -0.2) is 29.9 Å². The molecule has 1 fully saturated rings. The smallest absolute Gasteiger partial charge is 0.335 e. The Kier molecular flexibility index (Phi) is 7.55. The van der Waals surface area contributed by atoms with Gasteiger partial charge in [-0.15, -0.1) is 0 Å². The van der Waals surface area contributed by atoms with Crippen molar-refractivity contribution in [3.63, 3.8) is 0 Å². The molecule has 3 aromatic rings. The molecule has 0 aliphatic carbocycles. The summed E-state index contributed by atoms with van der Waals surface area (Å²) in [6.07, 6.45) is 1.30. The van der Waals surface area contributed by atoms with Crippen molar-refractivity contribution in [3.8, 4) is 11.5 Å². The molecular weight excluding hydrogens is 570 g/mol. The molecule has 4 rings (SSSR count). The summed E-state index contributed by atoms with van der Waals surface area (Å²) in [5, 5.41) is 13.6. The Morgan fingerprint density at radius 2 is 1.81 bits per heavy atom. The number of ether oxygens (including phenoxy) is 2. The van der Waals surface area contributed by atoms with Crippen LogP contribution in [0.5, 0.6) is 11.5 Å². The van der Waals surface area contributed by atoms with E-state index in [0.29, 0.717) is 26.6 Å². The number of carbonyl (C=O) groups is 3. The lowest BCUT2D eigenvalue weighted by molar-refractivity contribution is -0.384. The Morgan fingerprint density at radius 3 is 2.46 bits per heavy atom. The zero-order chi connectivity index (χ0) is 26.7. The van der Waals surface area contributed by atoms with Gasteiger partial charge >= 0.3 is 6.03 Å². The predicted molar refractivity (Wildman–Crippen MR) is 139 cm³/mol. The van der Waals surface area contributed by atoms with Crippen LogP contribution in [0, 0.1) is 10.1 Å². The molecule has 3 aromatic carbocycles. The monoisotopic (exact) mass is 585 g/mol. The van der Waals surface area contributed by atoms with Gasteiger partial charge in [-0.05, 0) is 57.9 Å². The van der Waals surface area contributed by atoms with E-state index in [1.165, 1.54) is 25.3 Å². The summed E-state index contributed by atoms with van der Waals surface area (Å²) >= 11 is 9.62. The number of methoxy groups -OCH3 is 1. The Hall–Kier alpha value is -4.22. The number of nitro groups is 1. The van der Waals surface area contributed by atoms with Crippen molar-refractivity contribution in [2.45, 2.75) is 6.61 Å². The van der Waals surface area contributed by atoms with E-state index in [2.05, 4.69) is 21.2 Å². The summed E-state index contributed by atoms with van der Waals surface area (Å²) in [6, 6.07) is 14.2. The Morgan fingerprint density at radius 1 is 1.11 bits per heavy atom. The number of hydrogen-bond donors (Lipinski definition) is 1. The molecule has 0 saturated carbocycles. The molecule has 188 valence electrons. The van der Waals surface area contributed by atoms with Crippen LogP contribution in [0.25, 0.3) is 6.08 Å². The van der Waals surface area contributed by atoms with Crippen LogP contribution in [0.4, 0.5) is 16.2 Å². The van der Waals surface area contributed by atoms with Crippen LogP contribution in [-0.2, 0) is 16.2 Å². The number of imide groups is 2. The number of carbonyl (C=O) groups excluding carboxylic acids is 3. The molecular formula is C25H17BrClN3O7. The number of nitro benzene ring substituents is 1. The number of rotatable bonds is 7. The highest BCUT2D eigenvalue weighted by atomic mass is 79.9. The normalized spacial score (nSPS) is 14.5. The maximum absolute atomic E-state index is 13.1. The van der Waals surface area contributed by atoms with Crippen molar-refractivity contribution >= 4 is 62.8 Å². The molecule has 1 heterocycles. The maximum Gasteiger partial charge on any atom is 0.335 e. The van der Waals surface area contributed by atoms with Gasteiger partial charge in [0.2, 0.25) is 0 Å². The molecule has 0 spiro atoms. The number of urea groups is 1. The summed E-state index contributed by atoms with van der Waals surface area (Å²) in [7, 11) is 1.44. The van der Waals surface area contributed by atoms with E-state index in [1.54, 1.807) is 18.2 Å². The highest BCUT2D eigenvalue weighted by molar-refractivity contribution is 9.10.